The molecule has 2 aromatic rings. The maximum absolute atomic E-state index is 12.2. The number of benzene rings is 1. The molecule has 1 aromatic carbocycles. The van der Waals surface area contributed by atoms with Crippen LogP contribution in [0, 0.1) is 0 Å². The Morgan fingerprint density at radius 1 is 1.38 bits per heavy atom. The van der Waals surface area contributed by atoms with Gasteiger partial charge in [0.05, 0.1) is 25.5 Å². The number of aliphatic hydroxyl groups excluding tert-OH is 1. The van der Waals surface area contributed by atoms with Crippen LogP contribution in [0.3, 0.4) is 0 Å². The van der Waals surface area contributed by atoms with Crippen LogP contribution in [0.25, 0.3) is 0 Å². The molecule has 2 heterocycles. The summed E-state index contributed by atoms with van der Waals surface area (Å²) in [5.41, 5.74) is 1.38. The van der Waals surface area contributed by atoms with Crippen molar-refractivity contribution in [2.75, 3.05) is 38.3 Å². The number of nitrogens with one attached hydrogen (secondary N) is 1. The molecule has 9 heteroatoms. The topological polar surface area (TPSA) is 114 Å². The van der Waals surface area contributed by atoms with E-state index < -0.39 is 12.1 Å². The third-order valence-corrected chi connectivity index (χ3v) is 4.59. The Labute approximate surface area is 168 Å². The Hall–Kier alpha value is -2.88. The van der Waals surface area contributed by atoms with Crippen LogP contribution in [-0.4, -0.2) is 70.8 Å². The summed E-state index contributed by atoms with van der Waals surface area (Å²) >= 11 is 0. The van der Waals surface area contributed by atoms with Gasteiger partial charge in [-0.2, -0.15) is 0 Å². The minimum atomic E-state index is -0.925. The van der Waals surface area contributed by atoms with Crippen LogP contribution >= 0.6 is 0 Å². The molecule has 0 saturated carbocycles. The first-order valence-electron chi connectivity index (χ1n) is 9.40. The Morgan fingerprint density at radius 2 is 2.17 bits per heavy atom. The standard InChI is InChI=1S/C20H24N4O5/c1-2-28-10-9-24-17(12-29-13-18(24)25)19(26)14-3-5-15(6-4-14)23-20(27)16-11-21-7-8-22-16/h3-8,11,17,19,26H,2,9-10,12-13H2,1H3,(H,23,27)/t17-,19-/m1/s1. The molecular weight excluding hydrogens is 376 g/mol. The Morgan fingerprint density at radius 3 is 2.86 bits per heavy atom. The van der Waals surface area contributed by atoms with Gasteiger partial charge in [-0.25, -0.2) is 4.98 Å². The van der Waals surface area contributed by atoms with E-state index in [0.29, 0.717) is 31.0 Å². The zero-order chi connectivity index (χ0) is 20.6. The van der Waals surface area contributed by atoms with Crippen molar-refractivity contribution in [2.24, 2.45) is 0 Å². The van der Waals surface area contributed by atoms with E-state index in [0.717, 1.165) is 0 Å². The fraction of sp³-hybridized carbons (Fsp3) is 0.400. The van der Waals surface area contributed by atoms with E-state index in [9.17, 15) is 14.7 Å². The summed E-state index contributed by atoms with van der Waals surface area (Å²) in [5.74, 6) is -0.548. The Balaban J connectivity index is 1.66. The molecule has 0 aliphatic carbocycles. The molecule has 3 rings (SSSR count). The molecule has 154 valence electrons. The van der Waals surface area contributed by atoms with Crippen LogP contribution in [0.1, 0.15) is 29.1 Å². The van der Waals surface area contributed by atoms with Gasteiger partial charge < -0.3 is 24.8 Å². The molecule has 2 N–H and O–H groups in total. The van der Waals surface area contributed by atoms with Gasteiger partial charge in [-0.15, -0.1) is 0 Å². The highest BCUT2D eigenvalue weighted by Crippen LogP contribution is 2.25. The van der Waals surface area contributed by atoms with E-state index in [-0.39, 0.29) is 30.7 Å². The number of hydrogen-bond acceptors (Lipinski definition) is 7. The molecule has 0 bridgehead atoms. The van der Waals surface area contributed by atoms with E-state index in [2.05, 4.69) is 15.3 Å². The summed E-state index contributed by atoms with van der Waals surface area (Å²) in [7, 11) is 0. The molecule has 0 spiro atoms. The van der Waals surface area contributed by atoms with Crippen molar-refractivity contribution < 1.29 is 24.2 Å². The highest BCUT2D eigenvalue weighted by atomic mass is 16.5. The van der Waals surface area contributed by atoms with Crippen molar-refractivity contribution >= 4 is 17.5 Å². The Kier molecular flexibility index (Phi) is 7.23. The number of morpholine rings is 1. The second kappa shape index (κ2) is 10.1. The van der Waals surface area contributed by atoms with E-state index in [4.69, 9.17) is 9.47 Å². The van der Waals surface area contributed by atoms with Gasteiger partial charge in [0.25, 0.3) is 5.91 Å². The minimum absolute atomic E-state index is 0.00267. The molecule has 2 atom stereocenters. The first-order chi connectivity index (χ1) is 14.1. The second-order valence-electron chi connectivity index (χ2n) is 6.48. The first kappa shape index (κ1) is 20.8. The van der Waals surface area contributed by atoms with Crippen LogP contribution in [0.2, 0.25) is 0 Å². The van der Waals surface area contributed by atoms with Gasteiger partial charge in [-0.1, -0.05) is 12.1 Å². The number of aliphatic hydroxyl groups is 1. The van der Waals surface area contributed by atoms with Gasteiger partial charge in [0.1, 0.15) is 18.4 Å². The van der Waals surface area contributed by atoms with Crippen molar-refractivity contribution in [3.8, 4) is 0 Å². The molecule has 2 amide bonds. The summed E-state index contributed by atoms with van der Waals surface area (Å²) in [6.45, 7) is 3.49. The van der Waals surface area contributed by atoms with Crippen LogP contribution < -0.4 is 5.32 Å². The Bertz CT molecular complexity index is 815. The molecule has 0 radical (unpaired) electrons. The molecule has 29 heavy (non-hydrogen) atoms. The van der Waals surface area contributed by atoms with Crippen molar-refractivity contribution in [3.63, 3.8) is 0 Å². The predicted molar refractivity (Wildman–Crippen MR) is 104 cm³/mol. The molecule has 1 aliphatic heterocycles. The van der Waals surface area contributed by atoms with Gasteiger partial charge >= 0.3 is 0 Å². The number of carbonyl (C=O) groups excluding carboxylic acids is 2. The molecule has 1 fully saturated rings. The molecule has 1 aromatic heterocycles. The van der Waals surface area contributed by atoms with Gasteiger partial charge in [-0.3, -0.25) is 14.6 Å². The number of ether oxygens (including phenoxy) is 2. The number of rotatable bonds is 8. The van der Waals surface area contributed by atoms with Crippen molar-refractivity contribution in [2.45, 2.75) is 19.1 Å². The normalized spacial score (nSPS) is 17.8. The lowest BCUT2D eigenvalue weighted by Gasteiger charge is -2.38. The minimum Gasteiger partial charge on any atom is -0.386 e. The van der Waals surface area contributed by atoms with Crippen molar-refractivity contribution in [1.82, 2.24) is 14.9 Å². The summed E-state index contributed by atoms with van der Waals surface area (Å²) in [6.07, 6.45) is 3.39. The van der Waals surface area contributed by atoms with Gasteiger partial charge in [-0.05, 0) is 24.6 Å². The fourth-order valence-electron chi connectivity index (χ4n) is 3.08. The monoisotopic (exact) mass is 400 g/mol. The maximum atomic E-state index is 12.2. The average Bonchev–Trinajstić information content (AvgIpc) is 2.75. The lowest BCUT2D eigenvalue weighted by atomic mass is 10.00. The second-order valence-corrected chi connectivity index (χ2v) is 6.48. The van der Waals surface area contributed by atoms with Crippen molar-refractivity contribution in [3.05, 3.63) is 54.1 Å². The molecule has 1 aliphatic rings. The summed E-state index contributed by atoms with van der Waals surface area (Å²) in [5, 5.41) is 13.5. The van der Waals surface area contributed by atoms with Gasteiger partial charge in [0.2, 0.25) is 5.91 Å². The SMILES string of the molecule is CCOCCN1C(=O)COC[C@@H]1[C@H](O)c1ccc(NC(=O)c2cnccn2)cc1. The zero-order valence-electron chi connectivity index (χ0n) is 16.2. The van der Waals surface area contributed by atoms with Crippen LogP contribution in [0.5, 0.6) is 0 Å². The van der Waals surface area contributed by atoms with Gasteiger partial charge in [0, 0.05) is 31.2 Å². The lowest BCUT2D eigenvalue weighted by Crippen LogP contribution is -2.53. The molecule has 0 unspecified atom stereocenters. The number of anilines is 1. The number of amides is 2. The quantitative estimate of drug-likeness (QED) is 0.636. The summed E-state index contributed by atoms with van der Waals surface area (Å²) < 4.78 is 10.7. The number of hydrogen-bond donors (Lipinski definition) is 2. The zero-order valence-corrected chi connectivity index (χ0v) is 16.2. The number of carbonyl (C=O) groups is 2. The van der Waals surface area contributed by atoms with E-state index in [1.54, 1.807) is 29.2 Å². The summed E-state index contributed by atoms with van der Waals surface area (Å²) in [4.78, 5) is 33.8. The van der Waals surface area contributed by atoms with E-state index in [1.165, 1.54) is 18.6 Å². The summed E-state index contributed by atoms with van der Waals surface area (Å²) in [6, 6.07) is 6.27. The lowest BCUT2D eigenvalue weighted by molar-refractivity contribution is -0.155. The van der Waals surface area contributed by atoms with Crippen molar-refractivity contribution in [1.29, 1.82) is 0 Å². The molecular formula is C20H24N4O5. The predicted octanol–water partition coefficient (Wildman–Crippen LogP) is 1.03. The number of nitrogens with zero attached hydrogens (tertiary/aromatic N) is 3. The highest BCUT2D eigenvalue weighted by Gasteiger charge is 2.34. The third kappa shape index (κ3) is 5.35. The van der Waals surface area contributed by atoms with Crippen LogP contribution in [-0.2, 0) is 14.3 Å². The van der Waals surface area contributed by atoms with Crippen LogP contribution in [0.15, 0.2) is 42.9 Å². The average molecular weight is 400 g/mol. The van der Waals surface area contributed by atoms with E-state index in [1.807, 2.05) is 6.92 Å². The van der Waals surface area contributed by atoms with E-state index >= 15 is 0 Å². The third-order valence-electron chi connectivity index (χ3n) is 4.59. The van der Waals surface area contributed by atoms with Crippen LogP contribution in [0.4, 0.5) is 5.69 Å². The smallest absolute Gasteiger partial charge is 0.275 e. The van der Waals surface area contributed by atoms with Gasteiger partial charge in [0.15, 0.2) is 0 Å². The maximum Gasteiger partial charge on any atom is 0.275 e. The fourth-order valence-corrected chi connectivity index (χ4v) is 3.08. The number of aromatic nitrogens is 2. The first-order valence-corrected chi connectivity index (χ1v) is 9.40. The molecule has 1 saturated heterocycles. The molecule has 9 nitrogen and oxygen atoms in total. The largest absolute Gasteiger partial charge is 0.386 e. The highest BCUT2D eigenvalue weighted by molar-refractivity contribution is 6.02.